The molecule has 0 fully saturated rings. The zero-order valence-corrected chi connectivity index (χ0v) is 14.1. The van der Waals surface area contributed by atoms with Crippen LogP contribution in [0.25, 0.3) is 11.5 Å². The van der Waals surface area contributed by atoms with Gasteiger partial charge in [0.25, 0.3) is 0 Å². The summed E-state index contributed by atoms with van der Waals surface area (Å²) in [6.07, 6.45) is 8.93. The van der Waals surface area contributed by atoms with Crippen molar-refractivity contribution in [2.24, 2.45) is 0 Å². The molecule has 24 heavy (non-hydrogen) atoms. The van der Waals surface area contributed by atoms with Gasteiger partial charge < -0.3 is 9.30 Å². The van der Waals surface area contributed by atoms with Gasteiger partial charge in [-0.05, 0) is 25.1 Å². The van der Waals surface area contributed by atoms with E-state index in [-0.39, 0.29) is 12.0 Å². The van der Waals surface area contributed by atoms with Crippen molar-refractivity contribution in [3.8, 4) is 17.3 Å². The maximum Gasteiger partial charge on any atom is 0.158 e. The Morgan fingerprint density at radius 2 is 1.96 bits per heavy atom. The molecule has 1 atom stereocenters. The van der Waals surface area contributed by atoms with E-state index in [1.807, 2.05) is 35.9 Å². The second kappa shape index (κ2) is 7.21. The number of hydrogen-bond donors (Lipinski definition) is 0. The van der Waals surface area contributed by atoms with E-state index in [1.165, 1.54) is 0 Å². The average Bonchev–Trinajstić information content (AvgIpc) is 3.03. The van der Waals surface area contributed by atoms with Crippen molar-refractivity contribution < 1.29 is 4.74 Å². The Morgan fingerprint density at radius 3 is 2.71 bits per heavy atom. The average molecular weight is 323 g/mol. The maximum absolute atomic E-state index is 5.90. The van der Waals surface area contributed by atoms with E-state index < -0.39 is 0 Å². The molecule has 0 unspecified atom stereocenters. The first kappa shape index (κ1) is 16.1. The van der Waals surface area contributed by atoms with Gasteiger partial charge in [0.2, 0.25) is 0 Å². The largest absolute Gasteiger partial charge is 0.487 e. The van der Waals surface area contributed by atoms with Gasteiger partial charge in [0.15, 0.2) is 5.82 Å². The molecule has 0 saturated carbocycles. The Kier molecular flexibility index (Phi) is 4.84. The molecule has 0 aliphatic heterocycles. The SMILES string of the molecule is CC(C)c1nccc(-c2nccn2C[C@H](C)Oc2cccnc2)n1. The lowest BCUT2D eigenvalue weighted by Gasteiger charge is -2.16. The van der Waals surface area contributed by atoms with Crippen LogP contribution in [-0.2, 0) is 6.54 Å². The third kappa shape index (κ3) is 3.76. The number of rotatable bonds is 6. The highest BCUT2D eigenvalue weighted by atomic mass is 16.5. The van der Waals surface area contributed by atoms with Crippen LogP contribution in [0.5, 0.6) is 5.75 Å². The van der Waals surface area contributed by atoms with Crippen molar-refractivity contribution in [1.82, 2.24) is 24.5 Å². The molecule has 0 aliphatic rings. The summed E-state index contributed by atoms with van der Waals surface area (Å²) in [5, 5.41) is 0. The monoisotopic (exact) mass is 323 g/mol. The fourth-order valence-electron chi connectivity index (χ4n) is 2.43. The zero-order chi connectivity index (χ0) is 16.9. The highest BCUT2D eigenvalue weighted by molar-refractivity contribution is 5.49. The van der Waals surface area contributed by atoms with Crippen LogP contribution in [0.15, 0.2) is 49.2 Å². The van der Waals surface area contributed by atoms with E-state index in [0.717, 1.165) is 23.1 Å². The normalized spacial score (nSPS) is 12.3. The fourth-order valence-corrected chi connectivity index (χ4v) is 2.43. The van der Waals surface area contributed by atoms with E-state index in [2.05, 4.69) is 33.8 Å². The van der Waals surface area contributed by atoms with Crippen molar-refractivity contribution in [2.75, 3.05) is 0 Å². The number of ether oxygens (including phenoxy) is 1. The summed E-state index contributed by atoms with van der Waals surface area (Å²) in [7, 11) is 0. The van der Waals surface area contributed by atoms with Crippen molar-refractivity contribution in [3.63, 3.8) is 0 Å². The van der Waals surface area contributed by atoms with Crippen LogP contribution in [0.2, 0.25) is 0 Å². The van der Waals surface area contributed by atoms with Gasteiger partial charge in [-0.3, -0.25) is 4.98 Å². The van der Waals surface area contributed by atoms with E-state index in [0.29, 0.717) is 6.54 Å². The molecule has 0 aliphatic carbocycles. The Bertz CT molecular complexity index is 785. The van der Waals surface area contributed by atoms with Gasteiger partial charge in [0.05, 0.1) is 12.7 Å². The second-order valence-electron chi connectivity index (χ2n) is 5.98. The molecule has 3 heterocycles. The van der Waals surface area contributed by atoms with Crippen molar-refractivity contribution >= 4 is 0 Å². The predicted molar refractivity (Wildman–Crippen MR) is 91.7 cm³/mol. The number of imidazole rings is 1. The van der Waals surface area contributed by atoms with Crippen LogP contribution in [0, 0.1) is 0 Å². The molecule has 0 bridgehead atoms. The third-order valence-electron chi connectivity index (χ3n) is 3.56. The van der Waals surface area contributed by atoms with Gasteiger partial charge in [-0.25, -0.2) is 15.0 Å². The Balaban J connectivity index is 1.77. The van der Waals surface area contributed by atoms with Crippen LogP contribution in [0.4, 0.5) is 0 Å². The van der Waals surface area contributed by atoms with E-state index in [9.17, 15) is 0 Å². The van der Waals surface area contributed by atoms with Crippen molar-refractivity contribution in [3.05, 3.63) is 55.0 Å². The first-order valence-corrected chi connectivity index (χ1v) is 8.04. The summed E-state index contributed by atoms with van der Waals surface area (Å²) < 4.78 is 7.95. The van der Waals surface area contributed by atoms with Gasteiger partial charge >= 0.3 is 0 Å². The van der Waals surface area contributed by atoms with Gasteiger partial charge in [-0.1, -0.05) is 13.8 Å². The smallest absolute Gasteiger partial charge is 0.158 e. The molecule has 6 heteroatoms. The molecule has 3 aromatic rings. The molecule has 124 valence electrons. The Morgan fingerprint density at radius 1 is 1.08 bits per heavy atom. The van der Waals surface area contributed by atoms with Crippen molar-refractivity contribution in [2.45, 2.75) is 39.3 Å². The summed E-state index contributed by atoms with van der Waals surface area (Å²) in [5.41, 5.74) is 0.826. The lowest BCUT2D eigenvalue weighted by Crippen LogP contribution is -2.20. The molecule has 3 rings (SSSR count). The quantitative estimate of drug-likeness (QED) is 0.696. The minimum absolute atomic E-state index is 0.0199. The summed E-state index contributed by atoms with van der Waals surface area (Å²) >= 11 is 0. The molecule has 0 aromatic carbocycles. The minimum Gasteiger partial charge on any atom is -0.487 e. The third-order valence-corrected chi connectivity index (χ3v) is 3.56. The number of aromatic nitrogens is 5. The first-order valence-electron chi connectivity index (χ1n) is 8.04. The molecule has 0 N–H and O–H groups in total. The van der Waals surface area contributed by atoms with Gasteiger partial charge in [-0.2, -0.15) is 0 Å². The highest BCUT2D eigenvalue weighted by Crippen LogP contribution is 2.18. The molecule has 0 amide bonds. The Labute approximate surface area is 141 Å². The lowest BCUT2D eigenvalue weighted by molar-refractivity contribution is 0.199. The molecule has 3 aromatic heterocycles. The van der Waals surface area contributed by atoms with E-state index in [4.69, 9.17) is 4.74 Å². The Hall–Kier alpha value is -2.76. The summed E-state index contributed by atoms with van der Waals surface area (Å²) in [6, 6.07) is 5.65. The molecular weight excluding hydrogens is 302 g/mol. The summed E-state index contributed by atoms with van der Waals surface area (Å²) in [6.45, 7) is 6.85. The fraction of sp³-hybridized carbons (Fsp3) is 0.333. The molecule has 0 spiro atoms. The molecule has 0 saturated heterocycles. The summed E-state index contributed by atoms with van der Waals surface area (Å²) in [5.74, 6) is 2.68. The molecular formula is C18H21N5O. The van der Waals surface area contributed by atoms with E-state index in [1.54, 1.807) is 24.8 Å². The lowest BCUT2D eigenvalue weighted by atomic mass is 10.2. The predicted octanol–water partition coefficient (Wildman–Crippen LogP) is 3.33. The maximum atomic E-state index is 5.90. The van der Waals surface area contributed by atoms with Crippen LogP contribution in [0.1, 0.15) is 32.5 Å². The topological polar surface area (TPSA) is 65.7 Å². The molecule has 0 radical (unpaired) electrons. The second-order valence-corrected chi connectivity index (χ2v) is 5.98. The summed E-state index contributed by atoms with van der Waals surface area (Å²) in [4.78, 5) is 17.5. The standard InChI is InChI=1S/C18H21N5O/c1-13(2)17-20-8-6-16(22-17)18-21-9-10-23(18)12-14(3)24-15-5-4-7-19-11-15/h4-11,13-14H,12H2,1-3H3/t14-/m0/s1. The number of pyridine rings is 1. The van der Waals surface area contributed by atoms with Gasteiger partial charge in [0.1, 0.15) is 23.4 Å². The number of nitrogens with zero attached hydrogens (tertiary/aromatic N) is 5. The zero-order valence-electron chi connectivity index (χ0n) is 14.1. The highest BCUT2D eigenvalue weighted by Gasteiger charge is 2.13. The van der Waals surface area contributed by atoms with Gasteiger partial charge in [0, 0.05) is 30.7 Å². The van der Waals surface area contributed by atoms with Crippen LogP contribution >= 0.6 is 0 Å². The van der Waals surface area contributed by atoms with Crippen molar-refractivity contribution in [1.29, 1.82) is 0 Å². The molecule has 6 nitrogen and oxygen atoms in total. The van der Waals surface area contributed by atoms with Crippen LogP contribution in [-0.4, -0.2) is 30.6 Å². The van der Waals surface area contributed by atoms with Crippen LogP contribution in [0.3, 0.4) is 0 Å². The van der Waals surface area contributed by atoms with Gasteiger partial charge in [-0.15, -0.1) is 0 Å². The first-order chi connectivity index (χ1) is 11.6. The van der Waals surface area contributed by atoms with Crippen LogP contribution < -0.4 is 4.74 Å². The number of hydrogen-bond acceptors (Lipinski definition) is 5. The van der Waals surface area contributed by atoms with E-state index >= 15 is 0 Å². The minimum atomic E-state index is -0.0199.